The largest absolute Gasteiger partial charge is 0.391 e. The molecule has 1 aliphatic heterocycles. The van der Waals surface area contributed by atoms with Crippen LogP contribution in [-0.4, -0.2) is 48.8 Å². The minimum Gasteiger partial charge on any atom is -0.391 e. The van der Waals surface area contributed by atoms with Crippen molar-refractivity contribution in [3.8, 4) is 0 Å². The number of hydrogen-bond donors (Lipinski definition) is 1. The highest BCUT2D eigenvalue weighted by atomic mass is 16.5. The molecule has 0 spiro atoms. The Hall–Kier alpha value is -0.870. The molecule has 1 rings (SSSR count). The van der Waals surface area contributed by atoms with Crippen LogP contribution in [0.3, 0.4) is 0 Å². The Bertz CT molecular complexity index is 185. The number of aliphatic hydroxyl groups is 1. The number of carbonyl (C=O) groups excluding carboxylic acids is 1. The standard InChI is InChI=1S/C8H13NO3/c1-7(6-10)8(11)9-2-4-12-5-3-9/h10H,1-6H2. The van der Waals surface area contributed by atoms with Crippen molar-refractivity contribution in [3.05, 3.63) is 12.2 Å². The molecule has 0 aromatic carbocycles. The molecule has 0 radical (unpaired) electrons. The Balaban J connectivity index is 2.45. The maximum absolute atomic E-state index is 11.3. The fourth-order valence-corrected chi connectivity index (χ4v) is 1.06. The Morgan fingerprint density at radius 1 is 1.50 bits per heavy atom. The lowest BCUT2D eigenvalue weighted by Crippen LogP contribution is -2.41. The molecule has 0 aromatic rings. The molecular formula is C8H13NO3. The van der Waals surface area contributed by atoms with Gasteiger partial charge in [0, 0.05) is 18.7 Å². The van der Waals surface area contributed by atoms with E-state index in [0.29, 0.717) is 26.3 Å². The summed E-state index contributed by atoms with van der Waals surface area (Å²) in [5.74, 6) is -0.166. The monoisotopic (exact) mass is 171 g/mol. The van der Waals surface area contributed by atoms with E-state index in [4.69, 9.17) is 9.84 Å². The molecule has 1 amide bonds. The van der Waals surface area contributed by atoms with Crippen LogP contribution in [0.1, 0.15) is 0 Å². The SMILES string of the molecule is C=C(CO)C(=O)N1CCOCC1. The molecule has 0 aromatic heterocycles. The van der Waals surface area contributed by atoms with Gasteiger partial charge < -0.3 is 14.7 Å². The number of aliphatic hydroxyl groups excluding tert-OH is 1. The highest BCUT2D eigenvalue weighted by Crippen LogP contribution is 2.02. The summed E-state index contributed by atoms with van der Waals surface area (Å²) in [6, 6.07) is 0. The molecule has 0 aliphatic carbocycles. The van der Waals surface area contributed by atoms with Crippen molar-refractivity contribution in [1.82, 2.24) is 4.90 Å². The second-order valence-electron chi connectivity index (χ2n) is 2.67. The molecule has 4 heteroatoms. The van der Waals surface area contributed by atoms with Crippen LogP contribution in [0, 0.1) is 0 Å². The van der Waals surface area contributed by atoms with Gasteiger partial charge in [0.15, 0.2) is 0 Å². The third kappa shape index (κ3) is 2.06. The predicted octanol–water partition coefficient (Wildman–Crippen LogP) is -0.606. The number of rotatable bonds is 2. The third-order valence-corrected chi connectivity index (χ3v) is 1.79. The minimum absolute atomic E-state index is 0.166. The van der Waals surface area contributed by atoms with Gasteiger partial charge in [-0.2, -0.15) is 0 Å². The van der Waals surface area contributed by atoms with E-state index < -0.39 is 0 Å². The summed E-state index contributed by atoms with van der Waals surface area (Å²) in [6.07, 6.45) is 0. The van der Waals surface area contributed by atoms with Crippen LogP contribution in [0.4, 0.5) is 0 Å². The van der Waals surface area contributed by atoms with Crippen LogP contribution < -0.4 is 0 Å². The van der Waals surface area contributed by atoms with E-state index in [9.17, 15) is 4.79 Å². The van der Waals surface area contributed by atoms with Crippen LogP contribution in [-0.2, 0) is 9.53 Å². The molecular weight excluding hydrogens is 158 g/mol. The lowest BCUT2D eigenvalue weighted by atomic mass is 10.2. The van der Waals surface area contributed by atoms with Crippen molar-refractivity contribution in [2.45, 2.75) is 0 Å². The maximum atomic E-state index is 11.3. The summed E-state index contributed by atoms with van der Waals surface area (Å²) in [5.41, 5.74) is 0.247. The minimum atomic E-state index is -0.268. The molecule has 1 N–H and O–H groups in total. The van der Waals surface area contributed by atoms with Crippen LogP contribution >= 0.6 is 0 Å². The number of morpholine rings is 1. The summed E-state index contributed by atoms with van der Waals surface area (Å²) in [5, 5.41) is 8.66. The second-order valence-corrected chi connectivity index (χ2v) is 2.67. The van der Waals surface area contributed by atoms with E-state index >= 15 is 0 Å². The topological polar surface area (TPSA) is 49.8 Å². The van der Waals surface area contributed by atoms with Gasteiger partial charge in [-0.25, -0.2) is 0 Å². The van der Waals surface area contributed by atoms with E-state index in [2.05, 4.69) is 6.58 Å². The van der Waals surface area contributed by atoms with Crippen molar-refractivity contribution in [3.63, 3.8) is 0 Å². The number of nitrogens with zero attached hydrogens (tertiary/aromatic N) is 1. The van der Waals surface area contributed by atoms with Crippen LogP contribution in [0.25, 0.3) is 0 Å². The summed E-state index contributed by atoms with van der Waals surface area (Å²) in [7, 11) is 0. The Morgan fingerprint density at radius 3 is 2.58 bits per heavy atom. The zero-order chi connectivity index (χ0) is 8.97. The van der Waals surface area contributed by atoms with Gasteiger partial charge in [-0.15, -0.1) is 0 Å². The zero-order valence-corrected chi connectivity index (χ0v) is 6.95. The van der Waals surface area contributed by atoms with E-state index in [1.165, 1.54) is 0 Å². The van der Waals surface area contributed by atoms with Crippen molar-refractivity contribution < 1.29 is 14.6 Å². The molecule has 68 valence electrons. The number of ether oxygens (including phenoxy) is 1. The van der Waals surface area contributed by atoms with Gasteiger partial charge in [0.2, 0.25) is 0 Å². The number of amides is 1. The fourth-order valence-electron chi connectivity index (χ4n) is 1.06. The van der Waals surface area contributed by atoms with Crippen molar-refractivity contribution in [1.29, 1.82) is 0 Å². The maximum Gasteiger partial charge on any atom is 0.251 e. The zero-order valence-electron chi connectivity index (χ0n) is 6.95. The molecule has 0 atom stereocenters. The van der Waals surface area contributed by atoms with Crippen molar-refractivity contribution in [2.24, 2.45) is 0 Å². The molecule has 4 nitrogen and oxygen atoms in total. The Morgan fingerprint density at radius 2 is 2.08 bits per heavy atom. The van der Waals surface area contributed by atoms with Gasteiger partial charge >= 0.3 is 0 Å². The smallest absolute Gasteiger partial charge is 0.251 e. The van der Waals surface area contributed by atoms with Crippen LogP contribution in [0.15, 0.2) is 12.2 Å². The molecule has 1 saturated heterocycles. The first-order valence-corrected chi connectivity index (χ1v) is 3.91. The Labute approximate surface area is 71.4 Å². The van der Waals surface area contributed by atoms with Crippen LogP contribution in [0.5, 0.6) is 0 Å². The van der Waals surface area contributed by atoms with Crippen molar-refractivity contribution >= 4 is 5.91 Å². The quantitative estimate of drug-likeness (QED) is 0.564. The van der Waals surface area contributed by atoms with E-state index in [1.54, 1.807) is 4.90 Å². The lowest BCUT2D eigenvalue weighted by Gasteiger charge is -2.27. The van der Waals surface area contributed by atoms with E-state index in [-0.39, 0.29) is 18.1 Å². The first-order valence-electron chi connectivity index (χ1n) is 3.91. The average molecular weight is 171 g/mol. The number of hydrogen-bond acceptors (Lipinski definition) is 3. The summed E-state index contributed by atoms with van der Waals surface area (Å²) < 4.78 is 5.08. The third-order valence-electron chi connectivity index (χ3n) is 1.79. The summed E-state index contributed by atoms with van der Waals surface area (Å²) in [4.78, 5) is 13.0. The highest BCUT2D eigenvalue weighted by Gasteiger charge is 2.18. The summed E-state index contributed by atoms with van der Waals surface area (Å²) in [6.45, 7) is 5.54. The molecule has 1 fully saturated rings. The molecule has 0 bridgehead atoms. The second kappa shape index (κ2) is 4.23. The van der Waals surface area contributed by atoms with Gasteiger partial charge in [-0.05, 0) is 0 Å². The van der Waals surface area contributed by atoms with Gasteiger partial charge in [-0.3, -0.25) is 4.79 Å². The van der Waals surface area contributed by atoms with Gasteiger partial charge in [0.05, 0.1) is 19.8 Å². The van der Waals surface area contributed by atoms with Crippen molar-refractivity contribution in [2.75, 3.05) is 32.9 Å². The fraction of sp³-hybridized carbons (Fsp3) is 0.625. The molecule has 0 saturated carbocycles. The Kier molecular flexibility index (Phi) is 3.25. The molecule has 1 aliphatic rings. The first kappa shape index (κ1) is 9.22. The predicted molar refractivity (Wildman–Crippen MR) is 43.6 cm³/mol. The molecule has 1 heterocycles. The highest BCUT2D eigenvalue weighted by molar-refractivity contribution is 5.93. The van der Waals surface area contributed by atoms with Gasteiger partial charge in [0.1, 0.15) is 0 Å². The summed E-state index contributed by atoms with van der Waals surface area (Å²) >= 11 is 0. The van der Waals surface area contributed by atoms with Gasteiger partial charge in [0.25, 0.3) is 5.91 Å². The lowest BCUT2D eigenvalue weighted by molar-refractivity contribution is -0.131. The average Bonchev–Trinajstić information content (AvgIpc) is 2.17. The van der Waals surface area contributed by atoms with E-state index in [1.807, 2.05) is 0 Å². The first-order chi connectivity index (χ1) is 5.75. The van der Waals surface area contributed by atoms with Gasteiger partial charge in [-0.1, -0.05) is 6.58 Å². The molecule has 12 heavy (non-hydrogen) atoms. The van der Waals surface area contributed by atoms with E-state index in [0.717, 1.165) is 0 Å². The van der Waals surface area contributed by atoms with Crippen LogP contribution in [0.2, 0.25) is 0 Å². The molecule has 0 unspecified atom stereocenters. The number of carbonyl (C=O) groups is 1. The normalized spacial score (nSPS) is 17.6.